The van der Waals surface area contributed by atoms with Crippen LogP contribution in [-0.2, 0) is 17.8 Å². The minimum Gasteiger partial charge on any atom is -0.339 e. The maximum absolute atomic E-state index is 12.7. The molecule has 0 atom stereocenters. The molecule has 2 aromatic carbocycles. The van der Waals surface area contributed by atoms with Gasteiger partial charge in [0.05, 0.1) is 17.2 Å². The minimum absolute atomic E-state index is 0.0244. The van der Waals surface area contributed by atoms with Gasteiger partial charge >= 0.3 is 0 Å². The van der Waals surface area contributed by atoms with Gasteiger partial charge in [-0.25, -0.2) is 4.98 Å². The van der Waals surface area contributed by atoms with Crippen LogP contribution in [0.5, 0.6) is 0 Å². The van der Waals surface area contributed by atoms with Crippen LogP contribution in [0.3, 0.4) is 0 Å². The lowest BCUT2D eigenvalue weighted by molar-refractivity contribution is -0.133. The van der Waals surface area contributed by atoms with Crippen molar-refractivity contribution in [3.8, 4) is 0 Å². The quantitative estimate of drug-likeness (QED) is 0.669. The van der Waals surface area contributed by atoms with Crippen molar-refractivity contribution in [3.63, 3.8) is 0 Å². The molecule has 29 heavy (non-hydrogen) atoms. The van der Waals surface area contributed by atoms with E-state index in [4.69, 9.17) is 0 Å². The molecule has 0 saturated carbocycles. The SMILES string of the molecule is Cc1cccc2c(=O)n(CC(=O)N3CCN(CCc4ccccc4)CC3)cnc12. The molecule has 2 heterocycles. The number of benzene rings is 2. The molecule has 1 aromatic heterocycles. The Bertz CT molecular complexity index is 1050. The molecule has 3 aromatic rings. The van der Waals surface area contributed by atoms with Crippen molar-refractivity contribution in [1.29, 1.82) is 0 Å². The third-order valence-electron chi connectivity index (χ3n) is 5.65. The third-order valence-corrected chi connectivity index (χ3v) is 5.65. The number of hydrogen-bond acceptors (Lipinski definition) is 4. The number of rotatable bonds is 5. The van der Waals surface area contributed by atoms with Crippen LogP contribution in [0.15, 0.2) is 59.7 Å². The van der Waals surface area contributed by atoms with Crippen LogP contribution in [0.2, 0.25) is 0 Å². The van der Waals surface area contributed by atoms with Crippen LogP contribution >= 0.6 is 0 Å². The summed E-state index contributed by atoms with van der Waals surface area (Å²) in [6, 6.07) is 16.0. The summed E-state index contributed by atoms with van der Waals surface area (Å²) in [7, 11) is 0. The number of amides is 1. The highest BCUT2D eigenvalue weighted by Gasteiger charge is 2.21. The molecule has 150 valence electrons. The highest BCUT2D eigenvalue weighted by atomic mass is 16.2. The largest absolute Gasteiger partial charge is 0.339 e. The molecule has 0 N–H and O–H groups in total. The summed E-state index contributed by atoms with van der Waals surface area (Å²) in [5, 5.41) is 0.561. The summed E-state index contributed by atoms with van der Waals surface area (Å²) < 4.78 is 1.42. The van der Waals surface area contributed by atoms with Gasteiger partial charge in [0.15, 0.2) is 0 Å². The molecule has 1 fully saturated rings. The smallest absolute Gasteiger partial charge is 0.261 e. The molecule has 1 aliphatic heterocycles. The Balaban J connectivity index is 1.34. The molecule has 6 nitrogen and oxygen atoms in total. The van der Waals surface area contributed by atoms with E-state index < -0.39 is 0 Å². The molecule has 6 heteroatoms. The average molecular weight is 390 g/mol. The van der Waals surface area contributed by atoms with Crippen LogP contribution in [0, 0.1) is 6.92 Å². The van der Waals surface area contributed by atoms with E-state index in [-0.39, 0.29) is 18.0 Å². The zero-order chi connectivity index (χ0) is 20.2. The van der Waals surface area contributed by atoms with Crippen molar-refractivity contribution < 1.29 is 4.79 Å². The van der Waals surface area contributed by atoms with Gasteiger partial charge in [-0.3, -0.25) is 19.1 Å². The first-order valence-electron chi connectivity index (χ1n) is 10.1. The number of carbonyl (C=O) groups is 1. The van der Waals surface area contributed by atoms with Crippen LogP contribution in [0.4, 0.5) is 0 Å². The summed E-state index contributed by atoms with van der Waals surface area (Å²) >= 11 is 0. The first kappa shape index (κ1) is 19.3. The van der Waals surface area contributed by atoms with Gasteiger partial charge in [-0.2, -0.15) is 0 Å². The second-order valence-corrected chi connectivity index (χ2v) is 7.61. The molecular formula is C23H26N4O2. The van der Waals surface area contributed by atoms with Gasteiger partial charge in [0.25, 0.3) is 5.56 Å². The van der Waals surface area contributed by atoms with Crippen LogP contribution in [-0.4, -0.2) is 58.0 Å². The lowest BCUT2D eigenvalue weighted by Gasteiger charge is -2.34. The highest BCUT2D eigenvalue weighted by Crippen LogP contribution is 2.11. The van der Waals surface area contributed by atoms with E-state index in [1.165, 1.54) is 16.5 Å². The molecule has 1 amide bonds. The van der Waals surface area contributed by atoms with E-state index in [1.54, 1.807) is 6.07 Å². The van der Waals surface area contributed by atoms with Gasteiger partial charge in [0, 0.05) is 32.7 Å². The van der Waals surface area contributed by atoms with Crippen molar-refractivity contribution in [2.45, 2.75) is 19.9 Å². The molecule has 0 unspecified atom stereocenters. The van der Waals surface area contributed by atoms with E-state index >= 15 is 0 Å². The predicted octanol–water partition coefficient (Wildman–Crippen LogP) is 2.09. The zero-order valence-electron chi connectivity index (χ0n) is 16.8. The van der Waals surface area contributed by atoms with Crippen molar-refractivity contribution in [1.82, 2.24) is 19.4 Å². The van der Waals surface area contributed by atoms with Crippen LogP contribution < -0.4 is 5.56 Å². The second-order valence-electron chi connectivity index (χ2n) is 7.61. The van der Waals surface area contributed by atoms with Gasteiger partial charge in [-0.05, 0) is 30.5 Å². The Morgan fingerprint density at radius 3 is 2.52 bits per heavy atom. The second kappa shape index (κ2) is 8.57. The Morgan fingerprint density at radius 2 is 1.76 bits per heavy atom. The predicted molar refractivity (Wildman–Crippen MR) is 114 cm³/mol. The number of aromatic nitrogens is 2. The monoisotopic (exact) mass is 390 g/mol. The lowest BCUT2D eigenvalue weighted by atomic mass is 10.1. The maximum Gasteiger partial charge on any atom is 0.261 e. The number of carbonyl (C=O) groups excluding carboxylic acids is 1. The molecule has 0 aliphatic carbocycles. The number of fused-ring (bicyclic) bond motifs is 1. The van der Waals surface area contributed by atoms with Crippen LogP contribution in [0.25, 0.3) is 10.9 Å². The Kier molecular flexibility index (Phi) is 5.71. The molecule has 4 rings (SSSR count). The Hall–Kier alpha value is -2.99. The van der Waals surface area contributed by atoms with E-state index in [0.29, 0.717) is 24.0 Å². The minimum atomic E-state index is -0.159. The number of piperazine rings is 1. The molecule has 0 bridgehead atoms. The molecular weight excluding hydrogens is 364 g/mol. The van der Waals surface area contributed by atoms with Gasteiger partial charge in [-0.15, -0.1) is 0 Å². The van der Waals surface area contributed by atoms with Crippen molar-refractivity contribution in [2.75, 3.05) is 32.7 Å². The van der Waals surface area contributed by atoms with Crippen LogP contribution in [0.1, 0.15) is 11.1 Å². The number of hydrogen-bond donors (Lipinski definition) is 0. The first-order chi connectivity index (χ1) is 14.1. The number of nitrogens with zero attached hydrogens (tertiary/aromatic N) is 4. The average Bonchev–Trinajstić information content (AvgIpc) is 2.76. The summed E-state index contributed by atoms with van der Waals surface area (Å²) in [6.07, 6.45) is 2.51. The summed E-state index contributed by atoms with van der Waals surface area (Å²) in [4.78, 5) is 34.1. The van der Waals surface area contributed by atoms with E-state index in [2.05, 4.69) is 34.1 Å². The Morgan fingerprint density at radius 1 is 1.00 bits per heavy atom. The van der Waals surface area contributed by atoms with E-state index in [0.717, 1.165) is 31.6 Å². The van der Waals surface area contributed by atoms with Crippen molar-refractivity contribution in [2.24, 2.45) is 0 Å². The molecule has 0 spiro atoms. The summed E-state index contributed by atoms with van der Waals surface area (Å²) in [5.41, 5.74) is 2.84. The molecule has 1 aliphatic rings. The lowest BCUT2D eigenvalue weighted by Crippen LogP contribution is -2.50. The zero-order valence-corrected chi connectivity index (χ0v) is 16.8. The molecule has 0 radical (unpaired) electrons. The van der Waals surface area contributed by atoms with Gasteiger partial charge < -0.3 is 4.90 Å². The summed E-state index contributed by atoms with van der Waals surface area (Å²) in [5.74, 6) is -0.0244. The van der Waals surface area contributed by atoms with Gasteiger partial charge in [-0.1, -0.05) is 42.5 Å². The topological polar surface area (TPSA) is 58.4 Å². The molecule has 1 saturated heterocycles. The highest BCUT2D eigenvalue weighted by molar-refractivity contribution is 5.81. The van der Waals surface area contributed by atoms with Crippen molar-refractivity contribution >= 4 is 16.8 Å². The number of aryl methyl sites for hydroxylation is 1. The van der Waals surface area contributed by atoms with E-state index in [9.17, 15) is 9.59 Å². The fourth-order valence-electron chi connectivity index (χ4n) is 3.85. The maximum atomic E-state index is 12.7. The van der Waals surface area contributed by atoms with Gasteiger partial charge in [0.1, 0.15) is 6.54 Å². The number of para-hydroxylation sites is 1. The van der Waals surface area contributed by atoms with Gasteiger partial charge in [0.2, 0.25) is 5.91 Å². The van der Waals surface area contributed by atoms with E-state index in [1.807, 2.05) is 30.0 Å². The normalized spacial score (nSPS) is 15.0. The third kappa shape index (κ3) is 4.38. The fourth-order valence-corrected chi connectivity index (χ4v) is 3.85. The summed E-state index contributed by atoms with van der Waals surface area (Å²) in [6.45, 7) is 6.09. The first-order valence-corrected chi connectivity index (χ1v) is 10.1. The standard InChI is InChI=1S/C23H26N4O2/c1-18-6-5-9-20-22(18)24-17-27(23(20)29)16-21(28)26-14-12-25(13-15-26)11-10-19-7-3-2-4-8-19/h2-9,17H,10-16H2,1H3. The Labute approximate surface area is 170 Å². The van der Waals surface area contributed by atoms with Crippen molar-refractivity contribution in [3.05, 3.63) is 76.3 Å². The fraction of sp³-hybridized carbons (Fsp3) is 0.348.